The summed E-state index contributed by atoms with van der Waals surface area (Å²) in [7, 11) is -1.92. The van der Waals surface area contributed by atoms with Crippen LogP contribution in [-0.2, 0) is 21.4 Å². The summed E-state index contributed by atoms with van der Waals surface area (Å²) in [5.74, 6) is 0.262. The monoisotopic (exact) mass is 402 g/mol. The number of nitrogens with zero attached hydrogens (tertiary/aromatic N) is 1. The minimum absolute atomic E-state index is 0.221. The number of ether oxygens (including phenoxy) is 1. The van der Waals surface area contributed by atoms with Crippen LogP contribution in [0.25, 0.3) is 0 Å². The number of amides is 1. The molecule has 150 valence electrons. The molecule has 1 aliphatic heterocycles. The van der Waals surface area contributed by atoms with Gasteiger partial charge in [0.15, 0.2) is 0 Å². The Morgan fingerprint density at radius 3 is 2.39 bits per heavy atom. The Balaban J connectivity index is 1.73. The highest BCUT2D eigenvalue weighted by Crippen LogP contribution is 2.24. The first-order valence-electron chi connectivity index (χ1n) is 9.40. The first-order chi connectivity index (χ1) is 13.4. The number of anilines is 1. The van der Waals surface area contributed by atoms with Crippen LogP contribution < -0.4 is 5.32 Å². The lowest BCUT2D eigenvalue weighted by Crippen LogP contribution is -2.37. The Bertz CT molecular complexity index is 918. The van der Waals surface area contributed by atoms with Crippen LogP contribution in [0.15, 0.2) is 53.4 Å². The van der Waals surface area contributed by atoms with Crippen LogP contribution in [0.4, 0.5) is 5.69 Å². The van der Waals surface area contributed by atoms with Gasteiger partial charge in [-0.05, 0) is 49.1 Å². The summed E-state index contributed by atoms with van der Waals surface area (Å²) in [6.07, 6.45) is 1.75. The maximum Gasteiger partial charge on any atom is 0.255 e. The van der Waals surface area contributed by atoms with E-state index in [1.54, 1.807) is 19.2 Å². The van der Waals surface area contributed by atoms with E-state index in [-0.39, 0.29) is 10.8 Å². The molecule has 0 bridgehead atoms. The number of carbonyl (C=O) groups is 1. The Morgan fingerprint density at radius 2 is 1.75 bits per heavy atom. The lowest BCUT2D eigenvalue weighted by molar-refractivity contribution is 0.102. The molecule has 7 heteroatoms. The number of para-hydroxylation sites is 1. The van der Waals surface area contributed by atoms with Crippen molar-refractivity contribution in [1.82, 2.24) is 4.31 Å². The summed E-state index contributed by atoms with van der Waals surface area (Å²) >= 11 is 0. The van der Waals surface area contributed by atoms with Crippen molar-refractivity contribution in [3.63, 3.8) is 0 Å². The molecule has 6 nitrogen and oxygen atoms in total. The minimum Gasteiger partial charge on any atom is -0.380 e. The second-order valence-electron chi connectivity index (χ2n) is 7.16. The van der Waals surface area contributed by atoms with Crippen LogP contribution >= 0.6 is 0 Å². The zero-order chi connectivity index (χ0) is 20.1. The number of rotatable bonds is 6. The molecule has 0 spiro atoms. The lowest BCUT2D eigenvalue weighted by Gasteiger charge is -2.29. The Kier molecular flexibility index (Phi) is 6.49. The molecule has 0 unspecified atom stereocenters. The number of sulfonamides is 1. The zero-order valence-corrected chi connectivity index (χ0v) is 17.0. The molecule has 1 amide bonds. The second kappa shape index (κ2) is 8.86. The number of hydrogen-bond donors (Lipinski definition) is 1. The van der Waals surface area contributed by atoms with E-state index in [4.69, 9.17) is 4.74 Å². The van der Waals surface area contributed by atoms with E-state index < -0.39 is 10.0 Å². The van der Waals surface area contributed by atoms with Crippen molar-refractivity contribution in [2.75, 3.05) is 25.5 Å². The van der Waals surface area contributed by atoms with Crippen LogP contribution in [0.3, 0.4) is 0 Å². The Morgan fingerprint density at radius 1 is 1.11 bits per heavy atom. The molecular weight excluding hydrogens is 376 g/mol. The summed E-state index contributed by atoms with van der Waals surface area (Å²) in [4.78, 5) is 12.8. The third-order valence-corrected chi connectivity index (χ3v) is 6.98. The van der Waals surface area contributed by atoms with Gasteiger partial charge in [-0.2, -0.15) is 4.31 Å². The fraction of sp³-hybridized carbons (Fsp3) is 0.381. The molecule has 1 fully saturated rings. The van der Waals surface area contributed by atoms with Gasteiger partial charge >= 0.3 is 0 Å². The van der Waals surface area contributed by atoms with Crippen molar-refractivity contribution in [2.45, 2.75) is 31.3 Å². The summed E-state index contributed by atoms with van der Waals surface area (Å²) in [6.45, 7) is 3.62. The van der Waals surface area contributed by atoms with E-state index in [0.717, 1.165) is 18.4 Å². The Hall–Kier alpha value is -2.22. The number of benzene rings is 2. The smallest absolute Gasteiger partial charge is 0.255 e. The van der Waals surface area contributed by atoms with Gasteiger partial charge in [-0.25, -0.2) is 8.42 Å². The number of methoxy groups -OCH3 is 1. The van der Waals surface area contributed by atoms with Crippen LogP contribution in [0.2, 0.25) is 0 Å². The quantitative estimate of drug-likeness (QED) is 0.802. The van der Waals surface area contributed by atoms with Gasteiger partial charge in [0.1, 0.15) is 0 Å². The van der Waals surface area contributed by atoms with Crippen molar-refractivity contribution >= 4 is 21.6 Å². The van der Waals surface area contributed by atoms with Gasteiger partial charge in [-0.3, -0.25) is 4.79 Å². The van der Waals surface area contributed by atoms with Gasteiger partial charge in [-0.1, -0.05) is 25.1 Å². The standard InChI is InChI=1S/C21H26N2O4S/c1-16-11-13-23(14-12-16)28(25,26)19-9-7-17(8-10-19)21(24)22-20-6-4-3-5-18(20)15-27-2/h3-10,16H,11-15H2,1-2H3,(H,22,24). The fourth-order valence-corrected chi connectivity index (χ4v) is 4.74. The molecule has 2 aromatic rings. The third kappa shape index (κ3) is 4.60. The topological polar surface area (TPSA) is 75.7 Å². The molecule has 0 aromatic heterocycles. The number of hydrogen-bond acceptors (Lipinski definition) is 4. The van der Waals surface area contributed by atoms with E-state index in [0.29, 0.717) is 36.9 Å². The number of carbonyl (C=O) groups excluding carboxylic acids is 1. The third-order valence-electron chi connectivity index (χ3n) is 5.06. The largest absolute Gasteiger partial charge is 0.380 e. The molecule has 1 aliphatic rings. The van der Waals surface area contributed by atoms with Gasteiger partial charge in [0.25, 0.3) is 5.91 Å². The Labute approximate surface area is 166 Å². The highest BCUT2D eigenvalue weighted by atomic mass is 32.2. The van der Waals surface area contributed by atoms with Gasteiger partial charge in [0.05, 0.1) is 11.5 Å². The van der Waals surface area contributed by atoms with Crippen LogP contribution in [0, 0.1) is 5.92 Å². The minimum atomic E-state index is -3.52. The lowest BCUT2D eigenvalue weighted by atomic mass is 10.0. The molecule has 28 heavy (non-hydrogen) atoms. The highest BCUT2D eigenvalue weighted by molar-refractivity contribution is 7.89. The van der Waals surface area contributed by atoms with E-state index >= 15 is 0 Å². The number of nitrogens with one attached hydrogen (secondary N) is 1. The van der Waals surface area contributed by atoms with E-state index in [1.165, 1.54) is 16.4 Å². The molecule has 1 saturated heterocycles. The van der Waals surface area contributed by atoms with Gasteiger partial charge in [0, 0.05) is 37.0 Å². The van der Waals surface area contributed by atoms with Crippen molar-refractivity contribution in [2.24, 2.45) is 5.92 Å². The molecule has 0 aliphatic carbocycles. The molecule has 0 radical (unpaired) electrons. The average molecular weight is 403 g/mol. The van der Waals surface area contributed by atoms with Gasteiger partial charge in [-0.15, -0.1) is 0 Å². The molecular formula is C21H26N2O4S. The molecule has 2 aromatic carbocycles. The second-order valence-corrected chi connectivity index (χ2v) is 9.09. The van der Waals surface area contributed by atoms with Crippen molar-refractivity contribution < 1.29 is 17.9 Å². The van der Waals surface area contributed by atoms with E-state index in [9.17, 15) is 13.2 Å². The van der Waals surface area contributed by atoms with Crippen molar-refractivity contribution in [3.05, 3.63) is 59.7 Å². The fourth-order valence-electron chi connectivity index (χ4n) is 3.27. The first kappa shape index (κ1) is 20.5. The normalized spacial score (nSPS) is 16.1. The van der Waals surface area contributed by atoms with Gasteiger partial charge in [0.2, 0.25) is 10.0 Å². The van der Waals surface area contributed by atoms with Crippen LogP contribution in [-0.4, -0.2) is 38.8 Å². The number of piperidine rings is 1. The van der Waals surface area contributed by atoms with Gasteiger partial charge < -0.3 is 10.1 Å². The maximum absolute atomic E-state index is 12.8. The van der Waals surface area contributed by atoms with Crippen LogP contribution in [0.5, 0.6) is 0 Å². The summed E-state index contributed by atoms with van der Waals surface area (Å²) < 4.78 is 32.3. The summed E-state index contributed by atoms with van der Waals surface area (Å²) in [6, 6.07) is 13.5. The average Bonchev–Trinajstić information content (AvgIpc) is 2.70. The van der Waals surface area contributed by atoms with Crippen molar-refractivity contribution in [1.29, 1.82) is 0 Å². The molecule has 3 rings (SSSR count). The van der Waals surface area contributed by atoms with Crippen molar-refractivity contribution in [3.8, 4) is 0 Å². The zero-order valence-electron chi connectivity index (χ0n) is 16.2. The highest BCUT2D eigenvalue weighted by Gasteiger charge is 2.28. The summed E-state index contributed by atoms with van der Waals surface area (Å²) in [5.41, 5.74) is 1.95. The summed E-state index contributed by atoms with van der Waals surface area (Å²) in [5, 5.41) is 2.86. The molecule has 1 heterocycles. The van der Waals surface area contributed by atoms with E-state index in [2.05, 4.69) is 12.2 Å². The predicted octanol–water partition coefficient (Wildman–Crippen LogP) is 3.51. The molecule has 1 N–H and O–H groups in total. The first-order valence-corrected chi connectivity index (χ1v) is 10.8. The predicted molar refractivity (Wildman–Crippen MR) is 109 cm³/mol. The molecule has 0 atom stereocenters. The molecule has 0 saturated carbocycles. The maximum atomic E-state index is 12.8. The van der Waals surface area contributed by atoms with E-state index in [1.807, 2.05) is 24.3 Å². The SMILES string of the molecule is COCc1ccccc1NC(=O)c1ccc(S(=O)(=O)N2CCC(C)CC2)cc1. The van der Waals surface area contributed by atoms with Crippen LogP contribution in [0.1, 0.15) is 35.7 Å².